The fraction of sp³-hybridized carbons (Fsp3) is 0.500. The zero-order valence-electron chi connectivity index (χ0n) is 16.6. The van der Waals surface area contributed by atoms with Crippen LogP contribution in [-0.2, 0) is 11.3 Å². The van der Waals surface area contributed by atoms with Crippen molar-refractivity contribution in [3.05, 3.63) is 35.9 Å². The average Bonchev–Trinajstić information content (AvgIpc) is 2.65. The molecule has 1 N–H and O–H groups in total. The number of nitrogens with one attached hydrogen (secondary N) is 1. The first-order valence-electron chi connectivity index (χ1n) is 9.29. The van der Waals surface area contributed by atoms with Gasteiger partial charge in [-0.3, -0.25) is 0 Å². The topological polar surface area (TPSA) is 60.9 Å². The molecule has 27 heavy (non-hydrogen) atoms. The highest BCUT2D eigenvalue weighted by molar-refractivity contribution is 5.84. The highest BCUT2D eigenvalue weighted by Gasteiger charge is 2.24. The second-order valence-corrected chi connectivity index (χ2v) is 7.41. The van der Waals surface area contributed by atoms with Gasteiger partial charge < -0.3 is 24.8 Å². The molecule has 1 fully saturated rings. The molecule has 1 aromatic heterocycles. The number of para-hydroxylation sites is 1. The first kappa shape index (κ1) is 19.4. The van der Waals surface area contributed by atoms with E-state index in [1.54, 1.807) is 0 Å². The number of morpholine rings is 1. The van der Waals surface area contributed by atoms with Gasteiger partial charge in [0.15, 0.2) is 0 Å². The lowest BCUT2D eigenvalue weighted by Crippen LogP contribution is -2.51. The molecule has 1 aromatic carbocycles. The number of aromatic nitrogens is 1. The summed E-state index contributed by atoms with van der Waals surface area (Å²) in [4.78, 5) is 23.2. The van der Waals surface area contributed by atoms with E-state index in [-0.39, 0.29) is 12.1 Å². The molecule has 1 aliphatic rings. The molecule has 2 amide bonds. The Kier molecular flexibility index (Phi) is 6.13. The molecule has 0 saturated carbocycles. The number of anilines is 1. The Morgan fingerprint density at radius 1 is 1.30 bits per heavy atom. The van der Waals surface area contributed by atoms with Crippen molar-refractivity contribution < 1.29 is 9.53 Å². The summed E-state index contributed by atoms with van der Waals surface area (Å²) < 4.78 is 5.75. The first-order chi connectivity index (χ1) is 12.9. The normalized spacial score (nSPS) is 17.4. The predicted molar refractivity (Wildman–Crippen MR) is 108 cm³/mol. The van der Waals surface area contributed by atoms with Crippen molar-refractivity contribution in [3.8, 4) is 0 Å². The number of urea groups is 1. The highest BCUT2D eigenvalue weighted by atomic mass is 16.5. The molecular formula is C20H29N5O2. The number of carbonyl (C=O) groups is 1. The average molecular weight is 371 g/mol. The molecule has 3 rings (SSSR count). The summed E-state index contributed by atoms with van der Waals surface area (Å²) in [6.45, 7) is 3.10. The lowest BCUT2D eigenvalue weighted by molar-refractivity contribution is -0.0246. The number of amides is 2. The maximum Gasteiger partial charge on any atom is 0.317 e. The van der Waals surface area contributed by atoms with Crippen LogP contribution in [0.4, 0.5) is 10.6 Å². The molecule has 0 spiro atoms. The Hall–Kier alpha value is -2.38. The van der Waals surface area contributed by atoms with E-state index in [9.17, 15) is 4.79 Å². The van der Waals surface area contributed by atoms with E-state index in [0.717, 1.165) is 28.8 Å². The number of rotatable bonds is 5. The van der Waals surface area contributed by atoms with E-state index < -0.39 is 0 Å². The van der Waals surface area contributed by atoms with Crippen LogP contribution < -0.4 is 10.2 Å². The summed E-state index contributed by atoms with van der Waals surface area (Å²) in [5.74, 6) is 0.885. The van der Waals surface area contributed by atoms with Crippen molar-refractivity contribution in [1.82, 2.24) is 20.1 Å². The van der Waals surface area contributed by atoms with Gasteiger partial charge in [0.25, 0.3) is 0 Å². The third kappa shape index (κ3) is 4.87. The lowest BCUT2D eigenvalue weighted by Gasteiger charge is -2.34. The van der Waals surface area contributed by atoms with Crippen LogP contribution in [0.15, 0.2) is 30.3 Å². The molecular weight excluding hydrogens is 342 g/mol. The third-order valence-corrected chi connectivity index (χ3v) is 4.67. The number of hydrogen-bond acceptors (Lipinski definition) is 5. The van der Waals surface area contributed by atoms with Gasteiger partial charge >= 0.3 is 6.03 Å². The van der Waals surface area contributed by atoms with Crippen LogP contribution >= 0.6 is 0 Å². The Morgan fingerprint density at radius 3 is 2.81 bits per heavy atom. The van der Waals surface area contributed by atoms with Gasteiger partial charge in [0, 0.05) is 45.7 Å². The minimum absolute atomic E-state index is 0.0469. The van der Waals surface area contributed by atoms with Gasteiger partial charge in [-0.05, 0) is 31.8 Å². The number of hydrogen-bond donors (Lipinski definition) is 1. The van der Waals surface area contributed by atoms with Crippen molar-refractivity contribution in [2.75, 3.05) is 59.3 Å². The lowest BCUT2D eigenvalue weighted by atomic mass is 10.1. The number of fused-ring (bicyclic) bond motifs is 1. The summed E-state index contributed by atoms with van der Waals surface area (Å²) >= 11 is 0. The molecule has 2 heterocycles. The zero-order valence-corrected chi connectivity index (χ0v) is 16.6. The Balaban J connectivity index is 1.70. The molecule has 7 nitrogen and oxygen atoms in total. The van der Waals surface area contributed by atoms with Crippen molar-refractivity contribution in [1.29, 1.82) is 0 Å². The van der Waals surface area contributed by atoms with E-state index in [1.165, 1.54) is 0 Å². The first-order valence-corrected chi connectivity index (χ1v) is 9.29. The fourth-order valence-corrected chi connectivity index (χ4v) is 3.31. The van der Waals surface area contributed by atoms with E-state index in [2.05, 4.69) is 15.2 Å². The van der Waals surface area contributed by atoms with E-state index in [1.807, 2.05) is 68.3 Å². The maximum atomic E-state index is 12.7. The molecule has 1 atom stereocenters. The quantitative estimate of drug-likeness (QED) is 0.868. The van der Waals surface area contributed by atoms with Crippen LogP contribution in [0.3, 0.4) is 0 Å². The summed E-state index contributed by atoms with van der Waals surface area (Å²) in [5, 5.41) is 4.14. The largest absolute Gasteiger partial charge is 0.373 e. The van der Waals surface area contributed by atoms with Gasteiger partial charge in [-0.2, -0.15) is 0 Å². The van der Waals surface area contributed by atoms with Crippen LogP contribution in [0.5, 0.6) is 0 Å². The van der Waals surface area contributed by atoms with Gasteiger partial charge in [-0.25, -0.2) is 9.78 Å². The minimum Gasteiger partial charge on any atom is -0.373 e. The molecule has 1 aliphatic heterocycles. The monoisotopic (exact) mass is 371 g/mol. The predicted octanol–water partition coefficient (Wildman–Crippen LogP) is 1.77. The second-order valence-electron chi connectivity index (χ2n) is 7.41. The SMILES string of the molecule is CN(C)CC1CN(C(=O)NCc2cc(N(C)C)nc3ccccc23)CCO1. The van der Waals surface area contributed by atoms with Gasteiger partial charge in [-0.15, -0.1) is 0 Å². The summed E-state index contributed by atoms with van der Waals surface area (Å²) in [7, 11) is 7.97. The Labute approximate surface area is 160 Å². The molecule has 146 valence electrons. The standard InChI is InChI=1S/C20H29N5O2/c1-23(2)13-16-14-25(9-10-27-16)20(26)21-12-15-11-19(24(3)4)22-18-8-6-5-7-17(15)18/h5-8,11,16H,9-10,12-14H2,1-4H3,(H,21,26). The van der Waals surface area contributed by atoms with Crippen LogP contribution in [0.2, 0.25) is 0 Å². The molecule has 1 unspecified atom stereocenters. The van der Waals surface area contributed by atoms with Crippen LogP contribution in [0.25, 0.3) is 10.9 Å². The van der Waals surface area contributed by atoms with E-state index in [0.29, 0.717) is 26.2 Å². The molecule has 1 saturated heterocycles. The number of benzene rings is 1. The van der Waals surface area contributed by atoms with Gasteiger partial charge in [0.2, 0.25) is 0 Å². The second kappa shape index (κ2) is 8.54. The Bertz CT molecular complexity index is 793. The van der Waals surface area contributed by atoms with Crippen molar-refractivity contribution in [3.63, 3.8) is 0 Å². The van der Waals surface area contributed by atoms with Crippen molar-refractivity contribution >= 4 is 22.8 Å². The fourth-order valence-electron chi connectivity index (χ4n) is 3.31. The van der Waals surface area contributed by atoms with Crippen LogP contribution in [0, 0.1) is 0 Å². The van der Waals surface area contributed by atoms with Crippen LogP contribution in [0.1, 0.15) is 5.56 Å². The number of pyridine rings is 1. The van der Waals surface area contributed by atoms with Crippen LogP contribution in [-0.4, -0.2) is 81.4 Å². The molecule has 2 aromatic rings. The molecule has 0 bridgehead atoms. The zero-order chi connectivity index (χ0) is 19.4. The molecule has 0 radical (unpaired) electrons. The smallest absolute Gasteiger partial charge is 0.317 e. The molecule has 7 heteroatoms. The van der Waals surface area contributed by atoms with E-state index in [4.69, 9.17) is 4.74 Å². The van der Waals surface area contributed by atoms with Gasteiger partial charge in [-0.1, -0.05) is 18.2 Å². The summed E-state index contributed by atoms with van der Waals surface area (Å²) in [5.41, 5.74) is 2.00. The highest BCUT2D eigenvalue weighted by Crippen LogP contribution is 2.22. The van der Waals surface area contributed by atoms with Gasteiger partial charge in [0.05, 0.1) is 18.2 Å². The maximum absolute atomic E-state index is 12.7. The number of likely N-dealkylation sites (N-methyl/N-ethyl adjacent to an activating group) is 1. The number of carbonyl (C=O) groups excluding carboxylic acids is 1. The minimum atomic E-state index is -0.0469. The Morgan fingerprint density at radius 2 is 2.07 bits per heavy atom. The third-order valence-electron chi connectivity index (χ3n) is 4.67. The van der Waals surface area contributed by atoms with Gasteiger partial charge in [0.1, 0.15) is 5.82 Å². The van der Waals surface area contributed by atoms with Crippen molar-refractivity contribution in [2.45, 2.75) is 12.6 Å². The summed E-state index contributed by atoms with van der Waals surface area (Å²) in [6, 6.07) is 10.0. The van der Waals surface area contributed by atoms with E-state index >= 15 is 0 Å². The molecule has 0 aliphatic carbocycles. The van der Waals surface area contributed by atoms with Crippen molar-refractivity contribution in [2.24, 2.45) is 0 Å². The number of ether oxygens (including phenoxy) is 1. The number of nitrogens with zero attached hydrogens (tertiary/aromatic N) is 4. The summed E-state index contributed by atoms with van der Waals surface area (Å²) in [6.07, 6.45) is 0.0570.